The summed E-state index contributed by atoms with van der Waals surface area (Å²) < 4.78 is 31.2. The van der Waals surface area contributed by atoms with E-state index in [0.717, 1.165) is 10.4 Å². The summed E-state index contributed by atoms with van der Waals surface area (Å²) in [5.74, 6) is 1.25. The maximum Gasteiger partial charge on any atom is 0.241 e. The van der Waals surface area contributed by atoms with Gasteiger partial charge in [-0.1, -0.05) is 11.2 Å². The lowest BCUT2D eigenvalue weighted by atomic mass is 10.1. The number of aromatic nitrogens is 4. The highest BCUT2D eigenvalue weighted by molar-refractivity contribution is 7.91. The lowest BCUT2D eigenvalue weighted by molar-refractivity contribution is 0.179. The van der Waals surface area contributed by atoms with Crippen molar-refractivity contribution in [3.63, 3.8) is 0 Å². The molecule has 0 saturated carbocycles. The third-order valence-electron chi connectivity index (χ3n) is 4.20. The van der Waals surface area contributed by atoms with E-state index in [9.17, 15) is 8.42 Å². The lowest BCUT2D eigenvalue weighted by Crippen LogP contribution is -2.42. The van der Waals surface area contributed by atoms with E-state index < -0.39 is 9.84 Å². The molecule has 132 valence electrons. The summed E-state index contributed by atoms with van der Waals surface area (Å²) >= 11 is 1.55. The van der Waals surface area contributed by atoms with Crippen LogP contribution in [-0.4, -0.2) is 51.3 Å². The minimum absolute atomic E-state index is 0.0740. The van der Waals surface area contributed by atoms with Gasteiger partial charge in [0.05, 0.1) is 35.2 Å². The second kappa shape index (κ2) is 6.36. The molecule has 0 aromatic carbocycles. The van der Waals surface area contributed by atoms with Gasteiger partial charge in [0, 0.05) is 25.4 Å². The highest BCUT2D eigenvalue weighted by Crippen LogP contribution is 2.28. The number of hydrogen-bond acceptors (Lipinski definition) is 8. The molecule has 4 rings (SSSR count). The zero-order valence-corrected chi connectivity index (χ0v) is 15.2. The van der Waals surface area contributed by atoms with E-state index in [-0.39, 0.29) is 17.5 Å². The summed E-state index contributed by atoms with van der Waals surface area (Å²) in [5, 5.41) is 10.1. The van der Waals surface area contributed by atoms with Crippen LogP contribution in [0.2, 0.25) is 0 Å². The molecule has 25 heavy (non-hydrogen) atoms. The second-order valence-corrected chi connectivity index (χ2v) is 9.21. The third-order valence-corrected chi connectivity index (χ3v) is 6.69. The van der Waals surface area contributed by atoms with Crippen LogP contribution in [0.3, 0.4) is 0 Å². The van der Waals surface area contributed by atoms with Gasteiger partial charge >= 0.3 is 0 Å². The average molecular weight is 379 g/mol. The van der Waals surface area contributed by atoms with Gasteiger partial charge in [0.15, 0.2) is 9.84 Å². The van der Waals surface area contributed by atoms with E-state index in [0.29, 0.717) is 24.8 Å². The topological polar surface area (TPSA) is 94.1 Å². The first-order valence-electron chi connectivity index (χ1n) is 7.80. The molecule has 8 nitrogen and oxygen atoms in total. The van der Waals surface area contributed by atoms with Crippen molar-refractivity contribution < 1.29 is 12.9 Å². The third kappa shape index (κ3) is 3.51. The normalized spacial score (nSPS) is 20.8. The Morgan fingerprint density at radius 2 is 2.32 bits per heavy atom. The van der Waals surface area contributed by atoms with Crippen LogP contribution in [-0.2, 0) is 23.4 Å². The van der Waals surface area contributed by atoms with E-state index in [1.54, 1.807) is 22.2 Å². The van der Waals surface area contributed by atoms with Crippen LogP contribution in [0.1, 0.15) is 17.5 Å². The average Bonchev–Trinajstić information content (AvgIpc) is 3.29. The first-order chi connectivity index (χ1) is 12.0. The second-order valence-electron chi connectivity index (χ2n) is 6.04. The Morgan fingerprint density at radius 1 is 1.44 bits per heavy atom. The molecule has 3 aromatic rings. The summed E-state index contributed by atoms with van der Waals surface area (Å²) in [7, 11) is -1.25. The highest BCUT2D eigenvalue weighted by Gasteiger charge is 2.34. The number of hydrogen-bond donors (Lipinski definition) is 0. The SMILES string of the molecule is Cn1cc(C2CS(=O)(=O)CCN2Cc2nc(-c3cccs3)no2)cn1. The minimum Gasteiger partial charge on any atom is -0.338 e. The molecule has 1 atom stereocenters. The summed E-state index contributed by atoms with van der Waals surface area (Å²) in [6.07, 6.45) is 3.56. The Balaban J connectivity index is 1.57. The van der Waals surface area contributed by atoms with Crippen LogP contribution >= 0.6 is 11.3 Å². The Morgan fingerprint density at radius 3 is 3.04 bits per heavy atom. The summed E-state index contributed by atoms with van der Waals surface area (Å²) in [5.41, 5.74) is 0.878. The van der Waals surface area contributed by atoms with Crippen molar-refractivity contribution in [1.82, 2.24) is 24.8 Å². The molecule has 10 heteroatoms. The fourth-order valence-electron chi connectivity index (χ4n) is 2.95. The van der Waals surface area contributed by atoms with Gasteiger partial charge in [-0.15, -0.1) is 11.3 Å². The van der Waals surface area contributed by atoms with Gasteiger partial charge in [0.1, 0.15) is 0 Å². The molecule has 0 aliphatic carbocycles. The molecule has 1 unspecified atom stereocenters. The van der Waals surface area contributed by atoms with Gasteiger partial charge in [-0.3, -0.25) is 9.58 Å². The van der Waals surface area contributed by atoms with Crippen molar-refractivity contribution in [2.45, 2.75) is 12.6 Å². The van der Waals surface area contributed by atoms with Crippen LogP contribution in [0.25, 0.3) is 10.7 Å². The van der Waals surface area contributed by atoms with Crippen molar-refractivity contribution in [3.8, 4) is 10.7 Å². The van der Waals surface area contributed by atoms with Gasteiger partial charge in [-0.05, 0) is 11.4 Å². The monoisotopic (exact) mass is 379 g/mol. The Labute approximate surface area is 149 Å². The summed E-state index contributed by atoms with van der Waals surface area (Å²) in [4.78, 5) is 7.44. The number of nitrogens with zero attached hydrogens (tertiary/aromatic N) is 5. The standard InChI is InChI=1S/C15H17N5O3S2/c1-19-8-11(7-16-19)12-10-25(21,22)6-4-20(12)9-14-17-15(18-23-14)13-3-2-5-24-13/h2-3,5,7-8,12H,4,6,9-10H2,1H3. The first kappa shape index (κ1) is 16.4. The first-order valence-corrected chi connectivity index (χ1v) is 10.5. The van der Waals surface area contributed by atoms with Crippen LogP contribution in [0.5, 0.6) is 0 Å². The van der Waals surface area contributed by atoms with E-state index in [2.05, 4.69) is 20.1 Å². The maximum absolute atomic E-state index is 12.1. The smallest absolute Gasteiger partial charge is 0.241 e. The predicted octanol–water partition coefficient (Wildman–Crippen LogP) is 1.50. The molecule has 1 aliphatic heterocycles. The van der Waals surface area contributed by atoms with Gasteiger partial charge in [-0.25, -0.2) is 8.42 Å². The number of aryl methyl sites for hydroxylation is 1. The molecule has 0 amide bonds. The predicted molar refractivity (Wildman–Crippen MR) is 92.6 cm³/mol. The van der Waals surface area contributed by atoms with Gasteiger partial charge in [-0.2, -0.15) is 10.1 Å². The molecule has 1 saturated heterocycles. The Bertz CT molecular complexity index is 961. The quantitative estimate of drug-likeness (QED) is 0.678. The van der Waals surface area contributed by atoms with Crippen molar-refractivity contribution in [3.05, 3.63) is 41.4 Å². The van der Waals surface area contributed by atoms with Crippen LogP contribution in [0, 0.1) is 0 Å². The van der Waals surface area contributed by atoms with Crippen molar-refractivity contribution >= 4 is 21.2 Å². The van der Waals surface area contributed by atoms with E-state index >= 15 is 0 Å². The minimum atomic E-state index is -3.07. The fraction of sp³-hybridized carbons (Fsp3) is 0.400. The van der Waals surface area contributed by atoms with Gasteiger partial charge < -0.3 is 4.52 Å². The molecule has 0 radical (unpaired) electrons. The molecular formula is C15H17N5O3S2. The maximum atomic E-state index is 12.1. The van der Waals surface area contributed by atoms with Crippen LogP contribution in [0.4, 0.5) is 0 Å². The molecule has 0 spiro atoms. The molecule has 0 N–H and O–H groups in total. The molecule has 4 heterocycles. The number of sulfone groups is 1. The molecule has 3 aromatic heterocycles. The molecule has 0 bridgehead atoms. The largest absolute Gasteiger partial charge is 0.338 e. The van der Waals surface area contributed by atoms with Crippen LogP contribution < -0.4 is 0 Å². The molecular weight excluding hydrogens is 362 g/mol. The number of rotatable bonds is 4. The zero-order valence-electron chi connectivity index (χ0n) is 13.6. The Kier molecular flexibility index (Phi) is 4.18. The zero-order chi connectivity index (χ0) is 17.4. The van der Waals surface area contributed by atoms with Crippen molar-refractivity contribution in [2.75, 3.05) is 18.1 Å². The fourth-order valence-corrected chi connectivity index (χ4v) is 5.16. The van der Waals surface area contributed by atoms with Crippen molar-refractivity contribution in [2.24, 2.45) is 7.05 Å². The van der Waals surface area contributed by atoms with Gasteiger partial charge in [0.25, 0.3) is 0 Å². The van der Waals surface area contributed by atoms with E-state index in [4.69, 9.17) is 4.52 Å². The molecule has 1 aliphatic rings. The molecule has 1 fully saturated rings. The summed E-state index contributed by atoms with van der Waals surface area (Å²) in [6, 6.07) is 3.61. The van der Waals surface area contributed by atoms with Crippen LogP contribution in [0.15, 0.2) is 34.4 Å². The Hall–Kier alpha value is -2.04. The van der Waals surface area contributed by atoms with Crippen molar-refractivity contribution in [1.29, 1.82) is 0 Å². The van der Waals surface area contributed by atoms with Gasteiger partial charge in [0.2, 0.25) is 11.7 Å². The summed E-state index contributed by atoms with van der Waals surface area (Å²) in [6.45, 7) is 0.839. The van der Waals surface area contributed by atoms with E-state index in [1.165, 1.54) is 0 Å². The highest BCUT2D eigenvalue weighted by atomic mass is 32.2. The number of thiophene rings is 1. The lowest BCUT2D eigenvalue weighted by Gasteiger charge is -2.33. The van der Waals surface area contributed by atoms with E-state index in [1.807, 2.05) is 30.8 Å².